The van der Waals surface area contributed by atoms with Gasteiger partial charge < -0.3 is 4.98 Å². The highest BCUT2D eigenvalue weighted by molar-refractivity contribution is 5.72. The lowest BCUT2D eigenvalue weighted by Crippen LogP contribution is -1.96. The minimum atomic E-state index is 0.742. The summed E-state index contributed by atoms with van der Waals surface area (Å²) in [4.78, 5) is 15.8. The van der Waals surface area contributed by atoms with Gasteiger partial charge in [0.05, 0.1) is 12.0 Å². The van der Waals surface area contributed by atoms with E-state index in [9.17, 15) is 0 Å². The van der Waals surface area contributed by atoms with Crippen LogP contribution < -0.4 is 0 Å². The summed E-state index contributed by atoms with van der Waals surface area (Å²) < 4.78 is 0. The minimum absolute atomic E-state index is 0.742. The van der Waals surface area contributed by atoms with Gasteiger partial charge in [-0.25, -0.2) is 15.0 Å². The maximum Gasteiger partial charge on any atom is 0.180 e. The van der Waals surface area contributed by atoms with E-state index < -0.39 is 0 Å². The normalized spacial score (nSPS) is 13.9. The lowest BCUT2D eigenvalue weighted by molar-refractivity contribution is 0.911. The van der Waals surface area contributed by atoms with Gasteiger partial charge in [-0.05, 0) is 36.0 Å². The first-order valence-electron chi connectivity index (χ1n) is 6.64. The van der Waals surface area contributed by atoms with E-state index in [0.717, 1.165) is 23.3 Å². The van der Waals surface area contributed by atoms with E-state index in [-0.39, 0.29) is 0 Å². The lowest BCUT2D eigenvalue weighted by atomic mass is 10.0. The molecule has 0 spiro atoms. The Bertz CT molecular complexity index is 745. The summed E-state index contributed by atoms with van der Waals surface area (Å²) in [6, 6.07) is 6.81. The summed E-state index contributed by atoms with van der Waals surface area (Å²) in [6.45, 7) is 0. The van der Waals surface area contributed by atoms with E-state index in [2.05, 4.69) is 38.1 Å². The van der Waals surface area contributed by atoms with Crippen LogP contribution in [-0.4, -0.2) is 19.9 Å². The third-order valence-electron chi connectivity index (χ3n) is 3.84. The molecule has 3 aromatic rings. The van der Waals surface area contributed by atoms with Gasteiger partial charge in [0.1, 0.15) is 11.8 Å². The molecule has 1 N–H and O–H groups in total. The molecule has 0 amide bonds. The first kappa shape index (κ1) is 10.7. The van der Waals surface area contributed by atoms with E-state index in [0.29, 0.717) is 0 Å². The molecule has 4 nitrogen and oxygen atoms in total. The topological polar surface area (TPSA) is 54.5 Å². The molecule has 0 unspecified atom stereocenters. The van der Waals surface area contributed by atoms with Crippen molar-refractivity contribution in [3.8, 4) is 0 Å². The van der Waals surface area contributed by atoms with Crippen molar-refractivity contribution in [1.29, 1.82) is 0 Å². The molecule has 0 aliphatic heterocycles. The van der Waals surface area contributed by atoms with E-state index in [1.54, 1.807) is 12.7 Å². The molecule has 0 bridgehead atoms. The van der Waals surface area contributed by atoms with Crippen molar-refractivity contribution < 1.29 is 0 Å². The molecule has 0 fully saturated rings. The second-order valence-corrected chi connectivity index (χ2v) is 5.05. The number of imidazole rings is 1. The van der Waals surface area contributed by atoms with Crippen molar-refractivity contribution in [2.24, 2.45) is 0 Å². The van der Waals surface area contributed by atoms with Crippen LogP contribution in [0.15, 0.2) is 30.9 Å². The van der Waals surface area contributed by atoms with Crippen LogP contribution in [0.25, 0.3) is 11.2 Å². The lowest BCUT2D eigenvalue weighted by Gasteiger charge is -2.05. The van der Waals surface area contributed by atoms with Crippen LogP contribution in [0.5, 0.6) is 0 Å². The fourth-order valence-corrected chi connectivity index (χ4v) is 2.88. The average Bonchev–Trinajstić information content (AvgIpc) is 3.06. The molecule has 0 saturated heterocycles. The number of aromatic amines is 1. The van der Waals surface area contributed by atoms with Crippen LogP contribution in [0.2, 0.25) is 0 Å². The Kier molecular flexibility index (Phi) is 2.33. The first-order chi connectivity index (χ1) is 9.40. The highest BCUT2D eigenvalue weighted by Crippen LogP contribution is 2.24. The van der Waals surface area contributed by atoms with Crippen molar-refractivity contribution in [2.75, 3.05) is 0 Å². The van der Waals surface area contributed by atoms with Gasteiger partial charge in [0, 0.05) is 6.42 Å². The molecule has 2 aromatic heterocycles. The second kappa shape index (κ2) is 4.16. The van der Waals surface area contributed by atoms with Crippen LogP contribution in [0.1, 0.15) is 28.8 Å². The summed E-state index contributed by atoms with van der Waals surface area (Å²) in [5.41, 5.74) is 7.04. The highest BCUT2D eigenvalue weighted by atomic mass is 15.0. The van der Waals surface area contributed by atoms with E-state index in [1.165, 1.54) is 36.0 Å². The van der Waals surface area contributed by atoms with Crippen molar-refractivity contribution in [3.63, 3.8) is 0 Å². The molecule has 4 heteroatoms. The number of hydrogen-bond acceptors (Lipinski definition) is 3. The monoisotopic (exact) mass is 250 g/mol. The Hall–Kier alpha value is -2.23. The molecule has 1 aliphatic rings. The van der Waals surface area contributed by atoms with Gasteiger partial charge in [-0.15, -0.1) is 0 Å². The zero-order chi connectivity index (χ0) is 12.7. The predicted molar refractivity (Wildman–Crippen MR) is 73.0 cm³/mol. The largest absolute Gasteiger partial charge is 0.342 e. The van der Waals surface area contributed by atoms with Crippen LogP contribution >= 0.6 is 0 Å². The zero-order valence-electron chi connectivity index (χ0n) is 10.6. The smallest absolute Gasteiger partial charge is 0.180 e. The van der Waals surface area contributed by atoms with E-state index in [1.807, 2.05) is 0 Å². The molecule has 0 atom stereocenters. The molecule has 4 rings (SSSR count). The second-order valence-electron chi connectivity index (χ2n) is 5.05. The number of hydrogen-bond donors (Lipinski definition) is 1. The van der Waals surface area contributed by atoms with E-state index in [4.69, 9.17) is 0 Å². The standard InChI is InChI=1S/C15H14N4/c1-2-11-5-4-10(6-12(11)3-1)7-13-14-15(18-8-16-13)19-9-17-14/h4-6,8-9H,1-3,7H2,(H,16,17,18,19). The maximum atomic E-state index is 4.39. The summed E-state index contributed by atoms with van der Waals surface area (Å²) in [5, 5.41) is 0. The van der Waals surface area contributed by atoms with Crippen LogP contribution in [-0.2, 0) is 19.3 Å². The molecule has 1 aliphatic carbocycles. The Morgan fingerprint density at radius 2 is 2.00 bits per heavy atom. The highest BCUT2D eigenvalue weighted by Gasteiger charge is 2.12. The molecular weight excluding hydrogens is 236 g/mol. The van der Waals surface area contributed by atoms with Gasteiger partial charge >= 0.3 is 0 Å². The maximum absolute atomic E-state index is 4.39. The fourth-order valence-electron chi connectivity index (χ4n) is 2.88. The third-order valence-corrected chi connectivity index (χ3v) is 3.84. The predicted octanol–water partition coefficient (Wildman–Crippen LogP) is 2.43. The zero-order valence-corrected chi connectivity index (χ0v) is 10.6. The quantitative estimate of drug-likeness (QED) is 0.760. The number of nitrogens with one attached hydrogen (secondary N) is 1. The summed E-state index contributed by atoms with van der Waals surface area (Å²) in [7, 11) is 0. The summed E-state index contributed by atoms with van der Waals surface area (Å²) >= 11 is 0. The summed E-state index contributed by atoms with van der Waals surface area (Å²) in [6.07, 6.45) is 7.82. The Labute approximate surface area is 110 Å². The van der Waals surface area contributed by atoms with Gasteiger partial charge in [-0.2, -0.15) is 0 Å². The van der Waals surface area contributed by atoms with Crippen molar-refractivity contribution in [1.82, 2.24) is 19.9 Å². The number of H-pyrrole nitrogens is 1. The molecule has 0 radical (unpaired) electrons. The van der Waals surface area contributed by atoms with Gasteiger partial charge in [-0.3, -0.25) is 0 Å². The number of aromatic nitrogens is 4. The van der Waals surface area contributed by atoms with Gasteiger partial charge in [-0.1, -0.05) is 18.2 Å². The number of fused-ring (bicyclic) bond motifs is 2. The van der Waals surface area contributed by atoms with Crippen LogP contribution in [0.3, 0.4) is 0 Å². The number of nitrogens with zero attached hydrogens (tertiary/aromatic N) is 3. The summed E-state index contributed by atoms with van der Waals surface area (Å²) in [5.74, 6) is 0. The Morgan fingerprint density at radius 3 is 3.00 bits per heavy atom. The molecule has 0 saturated carbocycles. The molecular formula is C15H14N4. The Balaban J connectivity index is 1.73. The van der Waals surface area contributed by atoms with Crippen molar-refractivity contribution >= 4 is 11.2 Å². The minimum Gasteiger partial charge on any atom is -0.342 e. The molecule has 94 valence electrons. The molecule has 19 heavy (non-hydrogen) atoms. The number of rotatable bonds is 2. The van der Waals surface area contributed by atoms with Crippen LogP contribution in [0.4, 0.5) is 0 Å². The van der Waals surface area contributed by atoms with Crippen LogP contribution in [0, 0.1) is 0 Å². The van der Waals surface area contributed by atoms with Gasteiger partial charge in [0.25, 0.3) is 0 Å². The van der Waals surface area contributed by atoms with E-state index >= 15 is 0 Å². The van der Waals surface area contributed by atoms with Crippen molar-refractivity contribution in [3.05, 3.63) is 53.2 Å². The number of aryl methyl sites for hydroxylation is 2. The van der Waals surface area contributed by atoms with Crippen molar-refractivity contribution in [2.45, 2.75) is 25.7 Å². The fraction of sp³-hybridized carbons (Fsp3) is 0.267. The van der Waals surface area contributed by atoms with Gasteiger partial charge in [0.15, 0.2) is 5.65 Å². The van der Waals surface area contributed by atoms with Gasteiger partial charge in [0.2, 0.25) is 0 Å². The Morgan fingerprint density at radius 1 is 1.05 bits per heavy atom. The number of benzene rings is 1. The average molecular weight is 250 g/mol. The first-order valence-corrected chi connectivity index (χ1v) is 6.64. The molecule has 1 aromatic carbocycles. The SMILES string of the molecule is c1nc(Cc2ccc3c(c2)CCC3)c2[nH]cnc2n1. The molecule has 2 heterocycles. The third kappa shape index (κ3) is 1.80.